The Balaban J connectivity index is 2.24. The molecule has 14 heavy (non-hydrogen) atoms. The molecule has 1 fully saturated rings. The van der Waals surface area contributed by atoms with E-state index in [2.05, 4.69) is 0 Å². The first-order chi connectivity index (χ1) is 6.58. The lowest BCUT2D eigenvalue weighted by molar-refractivity contribution is -0.138. The highest BCUT2D eigenvalue weighted by Gasteiger charge is 2.23. The van der Waals surface area contributed by atoms with E-state index in [0.29, 0.717) is 18.3 Å². The summed E-state index contributed by atoms with van der Waals surface area (Å²) in [5, 5.41) is 8.60. The van der Waals surface area contributed by atoms with Gasteiger partial charge in [-0.1, -0.05) is 0 Å². The third kappa shape index (κ3) is 3.77. The van der Waals surface area contributed by atoms with E-state index in [-0.39, 0.29) is 12.3 Å². The molecule has 1 saturated carbocycles. The van der Waals surface area contributed by atoms with Crippen LogP contribution in [0.1, 0.15) is 38.5 Å². The minimum atomic E-state index is -0.719. The normalized spacial score (nSPS) is 27.1. The Morgan fingerprint density at radius 3 is 1.86 bits per heavy atom. The highest BCUT2D eigenvalue weighted by molar-refractivity contribution is 5.74. The van der Waals surface area contributed by atoms with Gasteiger partial charge >= 0.3 is 5.97 Å². The largest absolute Gasteiger partial charge is 0.481 e. The van der Waals surface area contributed by atoms with E-state index < -0.39 is 5.97 Å². The lowest BCUT2D eigenvalue weighted by Gasteiger charge is -2.26. The number of carboxylic acids is 1. The molecule has 1 amide bonds. The quantitative estimate of drug-likeness (QED) is 0.712. The maximum atomic E-state index is 10.7. The Labute approximate surface area is 83.5 Å². The van der Waals surface area contributed by atoms with E-state index in [4.69, 9.17) is 10.8 Å². The number of hydrogen-bond acceptors (Lipinski definition) is 2. The second-order valence-corrected chi connectivity index (χ2v) is 4.16. The van der Waals surface area contributed by atoms with Crippen molar-refractivity contribution in [2.24, 2.45) is 17.6 Å². The standard InChI is InChI=1S/C10H17NO3/c11-9(12)5-7-1-3-8(4-2-7)6-10(13)14/h7-8H,1-6H2,(H2,11,12)(H,13,14). The van der Waals surface area contributed by atoms with Gasteiger partial charge in [0.25, 0.3) is 0 Å². The second-order valence-electron chi connectivity index (χ2n) is 4.16. The molecule has 0 atom stereocenters. The van der Waals surface area contributed by atoms with Crippen LogP contribution in [0.25, 0.3) is 0 Å². The molecule has 0 unspecified atom stereocenters. The predicted molar refractivity (Wildman–Crippen MR) is 51.5 cm³/mol. The van der Waals surface area contributed by atoms with Crippen LogP contribution in [-0.4, -0.2) is 17.0 Å². The first kappa shape index (κ1) is 11.0. The minimum Gasteiger partial charge on any atom is -0.481 e. The van der Waals surface area contributed by atoms with Crippen LogP contribution in [0.15, 0.2) is 0 Å². The molecular formula is C10H17NO3. The molecule has 0 aliphatic heterocycles. The molecule has 1 aliphatic rings. The number of primary amides is 1. The van der Waals surface area contributed by atoms with E-state index in [1.165, 1.54) is 0 Å². The summed E-state index contributed by atoms with van der Waals surface area (Å²) in [7, 11) is 0. The Morgan fingerprint density at radius 1 is 1.07 bits per heavy atom. The molecule has 0 aromatic rings. The van der Waals surface area contributed by atoms with Crippen LogP contribution in [-0.2, 0) is 9.59 Å². The van der Waals surface area contributed by atoms with Crippen LogP contribution >= 0.6 is 0 Å². The number of hydrogen-bond donors (Lipinski definition) is 2. The van der Waals surface area contributed by atoms with Crippen molar-refractivity contribution < 1.29 is 14.7 Å². The average Bonchev–Trinajstić information content (AvgIpc) is 2.06. The van der Waals surface area contributed by atoms with Crippen molar-refractivity contribution >= 4 is 11.9 Å². The molecule has 0 bridgehead atoms. The van der Waals surface area contributed by atoms with Gasteiger partial charge in [0.1, 0.15) is 0 Å². The summed E-state index contributed by atoms with van der Waals surface area (Å²) in [5.41, 5.74) is 5.11. The van der Waals surface area contributed by atoms with Gasteiger partial charge < -0.3 is 10.8 Å². The van der Waals surface area contributed by atoms with E-state index in [0.717, 1.165) is 25.7 Å². The van der Waals surface area contributed by atoms with Crippen molar-refractivity contribution in [1.82, 2.24) is 0 Å². The highest BCUT2D eigenvalue weighted by atomic mass is 16.4. The maximum absolute atomic E-state index is 10.7. The van der Waals surface area contributed by atoms with Gasteiger partial charge in [0.05, 0.1) is 0 Å². The number of amides is 1. The molecule has 4 nitrogen and oxygen atoms in total. The molecule has 1 aliphatic carbocycles. The summed E-state index contributed by atoms with van der Waals surface area (Å²) < 4.78 is 0. The van der Waals surface area contributed by atoms with Crippen molar-refractivity contribution in [3.05, 3.63) is 0 Å². The SMILES string of the molecule is NC(=O)CC1CCC(CC(=O)O)CC1. The number of carbonyl (C=O) groups is 2. The summed E-state index contributed by atoms with van der Waals surface area (Å²) in [6.45, 7) is 0. The Kier molecular flexibility index (Phi) is 3.92. The summed E-state index contributed by atoms with van der Waals surface area (Å²) in [4.78, 5) is 21.1. The molecule has 80 valence electrons. The zero-order valence-electron chi connectivity index (χ0n) is 8.24. The van der Waals surface area contributed by atoms with Crippen LogP contribution < -0.4 is 5.73 Å². The van der Waals surface area contributed by atoms with Crippen molar-refractivity contribution in [3.63, 3.8) is 0 Å². The average molecular weight is 199 g/mol. The maximum Gasteiger partial charge on any atom is 0.303 e. The smallest absolute Gasteiger partial charge is 0.303 e. The molecule has 4 heteroatoms. The van der Waals surface area contributed by atoms with Gasteiger partial charge in [-0.25, -0.2) is 0 Å². The molecular weight excluding hydrogens is 182 g/mol. The van der Waals surface area contributed by atoms with E-state index in [1.54, 1.807) is 0 Å². The molecule has 0 saturated heterocycles. The van der Waals surface area contributed by atoms with Crippen LogP contribution in [0, 0.1) is 11.8 Å². The van der Waals surface area contributed by atoms with Crippen LogP contribution in [0.5, 0.6) is 0 Å². The molecule has 0 aromatic heterocycles. The lowest BCUT2D eigenvalue weighted by atomic mass is 9.79. The van der Waals surface area contributed by atoms with E-state index in [1.807, 2.05) is 0 Å². The monoisotopic (exact) mass is 199 g/mol. The third-order valence-electron chi connectivity index (χ3n) is 2.92. The Morgan fingerprint density at radius 2 is 1.50 bits per heavy atom. The van der Waals surface area contributed by atoms with Gasteiger partial charge in [-0.3, -0.25) is 9.59 Å². The number of rotatable bonds is 4. The van der Waals surface area contributed by atoms with Crippen molar-refractivity contribution in [3.8, 4) is 0 Å². The van der Waals surface area contributed by atoms with Crippen molar-refractivity contribution in [1.29, 1.82) is 0 Å². The molecule has 1 rings (SSSR count). The summed E-state index contributed by atoms with van der Waals surface area (Å²) in [5.74, 6) is -0.274. The summed E-state index contributed by atoms with van der Waals surface area (Å²) in [6, 6.07) is 0. The van der Waals surface area contributed by atoms with E-state index >= 15 is 0 Å². The predicted octanol–water partition coefficient (Wildman–Crippen LogP) is 1.14. The van der Waals surface area contributed by atoms with Gasteiger partial charge in [0, 0.05) is 12.8 Å². The zero-order valence-corrected chi connectivity index (χ0v) is 8.24. The number of nitrogens with two attached hydrogens (primary N) is 1. The summed E-state index contributed by atoms with van der Waals surface area (Å²) in [6.07, 6.45) is 4.46. The highest BCUT2D eigenvalue weighted by Crippen LogP contribution is 2.32. The van der Waals surface area contributed by atoms with Gasteiger partial charge in [-0.15, -0.1) is 0 Å². The number of aliphatic carboxylic acids is 1. The van der Waals surface area contributed by atoms with Gasteiger partial charge in [0.15, 0.2) is 0 Å². The topological polar surface area (TPSA) is 80.4 Å². The fourth-order valence-electron chi connectivity index (χ4n) is 2.17. The first-order valence-electron chi connectivity index (χ1n) is 5.08. The molecule has 0 heterocycles. The Bertz CT molecular complexity index is 195. The fourth-order valence-corrected chi connectivity index (χ4v) is 2.17. The van der Waals surface area contributed by atoms with Gasteiger partial charge in [-0.05, 0) is 37.5 Å². The minimum absolute atomic E-state index is 0.244. The van der Waals surface area contributed by atoms with Crippen LogP contribution in [0.2, 0.25) is 0 Å². The zero-order chi connectivity index (χ0) is 10.6. The third-order valence-corrected chi connectivity index (χ3v) is 2.92. The molecule has 0 radical (unpaired) electrons. The van der Waals surface area contributed by atoms with Gasteiger partial charge in [-0.2, -0.15) is 0 Å². The van der Waals surface area contributed by atoms with Crippen LogP contribution in [0.3, 0.4) is 0 Å². The first-order valence-corrected chi connectivity index (χ1v) is 5.08. The number of carboxylic acid groups (broad SMARTS) is 1. The fraction of sp³-hybridized carbons (Fsp3) is 0.800. The molecule has 3 N–H and O–H groups in total. The van der Waals surface area contributed by atoms with Crippen molar-refractivity contribution in [2.75, 3.05) is 0 Å². The summed E-state index contributed by atoms with van der Waals surface area (Å²) >= 11 is 0. The van der Waals surface area contributed by atoms with Crippen LogP contribution in [0.4, 0.5) is 0 Å². The second kappa shape index (κ2) is 4.98. The molecule has 0 aromatic carbocycles. The number of carbonyl (C=O) groups excluding carboxylic acids is 1. The molecule has 0 spiro atoms. The van der Waals surface area contributed by atoms with Crippen molar-refractivity contribution in [2.45, 2.75) is 38.5 Å². The Hall–Kier alpha value is -1.06. The van der Waals surface area contributed by atoms with Gasteiger partial charge in [0.2, 0.25) is 5.91 Å². The van der Waals surface area contributed by atoms with E-state index in [9.17, 15) is 9.59 Å². The lowest BCUT2D eigenvalue weighted by Crippen LogP contribution is -2.22.